The number of imidazole rings is 1. The number of hydrogen-bond donors (Lipinski definition) is 0. The first-order valence-electron chi connectivity index (χ1n) is 6.21. The number of aromatic nitrogens is 4. The molecular formula is C12H17ClN4O. The molecular weight excluding hydrogens is 252 g/mol. The van der Waals surface area contributed by atoms with Crippen LogP contribution in [0.2, 0.25) is 0 Å². The molecule has 3 heterocycles. The Kier molecular flexibility index (Phi) is 2.83. The van der Waals surface area contributed by atoms with Gasteiger partial charge in [-0.3, -0.25) is 4.68 Å². The number of aryl methyl sites for hydroxylation is 2. The third kappa shape index (κ3) is 1.57. The summed E-state index contributed by atoms with van der Waals surface area (Å²) in [6.07, 6.45) is 1.19. The highest BCUT2D eigenvalue weighted by atomic mass is 35.5. The van der Waals surface area contributed by atoms with Crippen molar-refractivity contribution in [2.24, 2.45) is 7.05 Å². The van der Waals surface area contributed by atoms with E-state index in [4.69, 9.17) is 16.3 Å². The van der Waals surface area contributed by atoms with Crippen molar-refractivity contribution in [3.63, 3.8) is 0 Å². The number of fused-ring (bicyclic) bond motifs is 1. The van der Waals surface area contributed by atoms with Crippen LogP contribution in [0.5, 0.6) is 0 Å². The SMILES string of the molecule is Cc1nn(C)c2c1nc(CCl)n2C1CCOC1C. The largest absolute Gasteiger partial charge is 0.376 e. The van der Waals surface area contributed by atoms with E-state index in [9.17, 15) is 0 Å². The average molecular weight is 269 g/mol. The number of halogens is 1. The van der Waals surface area contributed by atoms with Gasteiger partial charge < -0.3 is 9.30 Å². The molecule has 1 fully saturated rings. The van der Waals surface area contributed by atoms with E-state index in [-0.39, 0.29) is 6.10 Å². The molecule has 0 radical (unpaired) electrons. The molecule has 2 aromatic rings. The van der Waals surface area contributed by atoms with Gasteiger partial charge in [-0.1, -0.05) is 0 Å². The average Bonchev–Trinajstić information content (AvgIpc) is 2.96. The maximum atomic E-state index is 6.04. The van der Waals surface area contributed by atoms with Crippen molar-refractivity contribution in [3.8, 4) is 0 Å². The van der Waals surface area contributed by atoms with Crippen molar-refractivity contribution >= 4 is 22.8 Å². The highest BCUT2D eigenvalue weighted by molar-refractivity contribution is 6.16. The van der Waals surface area contributed by atoms with Crippen molar-refractivity contribution in [1.29, 1.82) is 0 Å². The van der Waals surface area contributed by atoms with Crippen LogP contribution in [-0.4, -0.2) is 32.0 Å². The highest BCUT2D eigenvalue weighted by Crippen LogP contribution is 2.32. The zero-order valence-electron chi connectivity index (χ0n) is 10.9. The molecule has 0 aliphatic carbocycles. The Balaban J connectivity index is 2.24. The van der Waals surface area contributed by atoms with Crippen molar-refractivity contribution in [2.75, 3.05) is 6.61 Å². The van der Waals surface area contributed by atoms with Gasteiger partial charge in [0.15, 0.2) is 5.65 Å². The van der Waals surface area contributed by atoms with E-state index < -0.39 is 0 Å². The molecule has 0 N–H and O–H groups in total. The number of hydrogen-bond acceptors (Lipinski definition) is 3. The zero-order valence-corrected chi connectivity index (χ0v) is 11.6. The van der Waals surface area contributed by atoms with Crippen molar-refractivity contribution in [3.05, 3.63) is 11.5 Å². The van der Waals surface area contributed by atoms with Gasteiger partial charge in [0, 0.05) is 13.7 Å². The van der Waals surface area contributed by atoms with Gasteiger partial charge in [0.25, 0.3) is 0 Å². The summed E-state index contributed by atoms with van der Waals surface area (Å²) in [4.78, 5) is 4.62. The lowest BCUT2D eigenvalue weighted by Crippen LogP contribution is -2.20. The van der Waals surface area contributed by atoms with E-state index in [1.807, 2.05) is 18.7 Å². The van der Waals surface area contributed by atoms with Gasteiger partial charge in [0.05, 0.1) is 23.7 Å². The minimum atomic E-state index is 0.194. The molecule has 6 heteroatoms. The molecule has 1 aliphatic heterocycles. The molecule has 98 valence electrons. The lowest BCUT2D eigenvalue weighted by molar-refractivity contribution is 0.108. The Morgan fingerprint density at radius 3 is 2.89 bits per heavy atom. The molecule has 0 spiro atoms. The Morgan fingerprint density at radius 2 is 2.28 bits per heavy atom. The van der Waals surface area contributed by atoms with Crippen molar-refractivity contribution in [2.45, 2.75) is 38.3 Å². The fourth-order valence-electron chi connectivity index (χ4n) is 2.84. The first-order valence-corrected chi connectivity index (χ1v) is 6.75. The number of nitrogens with zero attached hydrogens (tertiary/aromatic N) is 4. The quantitative estimate of drug-likeness (QED) is 0.784. The van der Waals surface area contributed by atoms with E-state index in [1.165, 1.54) is 0 Å². The smallest absolute Gasteiger partial charge is 0.159 e. The Hall–Kier alpha value is -1.07. The number of alkyl halides is 1. The molecule has 1 aliphatic rings. The zero-order chi connectivity index (χ0) is 12.9. The summed E-state index contributed by atoms with van der Waals surface area (Å²) in [5.74, 6) is 1.32. The van der Waals surface area contributed by atoms with Gasteiger partial charge in [0.2, 0.25) is 0 Å². The molecule has 0 aromatic carbocycles. The van der Waals surface area contributed by atoms with E-state index in [2.05, 4.69) is 21.6 Å². The molecule has 2 aromatic heterocycles. The summed E-state index contributed by atoms with van der Waals surface area (Å²) in [5, 5.41) is 4.43. The molecule has 0 bridgehead atoms. The Labute approximate surface area is 111 Å². The van der Waals surface area contributed by atoms with Crippen LogP contribution in [-0.2, 0) is 17.7 Å². The van der Waals surface area contributed by atoms with Crippen LogP contribution in [0.4, 0.5) is 0 Å². The first-order chi connectivity index (χ1) is 8.63. The molecule has 2 unspecified atom stereocenters. The predicted octanol–water partition coefficient (Wildman–Crippen LogP) is 2.17. The van der Waals surface area contributed by atoms with E-state index in [0.29, 0.717) is 11.9 Å². The van der Waals surface area contributed by atoms with E-state index in [1.54, 1.807) is 0 Å². The van der Waals surface area contributed by atoms with Crippen molar-refractivity contribution in [1.82, 2.24) is 19.3 Å². The molecule has 3 rings (SSSR count). The molecule has 2 atom stereocenters. The van der Waals surface area contributed by atoms with Crippen LogP contribution in [0.25, 0.3) is 11.2 Å². The third-order valence-corrected chi connectivity index (χ3v) is 3.93. The summed E-state index contributed by atoms with van der Waals surface area (Å²) in [6, 6.07) is 0.304. The molecule has 0 amide bonds. The van der Waals surface area contributed by atoms with E-state index in [0.717, 1.165) is 35.7 Å². The van der Waals surface area contributed by atoms with Gasteiger partial charge in [0.1, 0.15) is 11.3 Å². The lowest BCUT2D eigenvalue weighted by atomic mass is 10.1. The maximum Gasteiger partial charge on any atom is 0.159 e. The standard InChI is InChI=1S/C12H17ClN4O/c1-7-11-12(16(3)15-7)17(10(6-13)14-11)9-4-5-18-8(9)2/h8-9H,4-6H2,1-3H3. The van der Waals surface area contributed by atoms with Gasteiger partial charge in [-0.05, 0) is 20.3 Å². The normalized spacial score (nSPS) is 24.2. The number of rotatable bonds is 2. The topological polar surface area (TPSA) is 44.9 Å². The minimum absolute atomic E-state index is 0.194. The summed E-state index contributed by atoms with van der Waals surface area (Å²) in [6.45, 7) is 4.88. The minimum Gasteiger partial charge on any atom is -0.376 e. The second-order valence-electron chi connectivity index (χ2n) is 4.84. The van der Waals surface area contributed by atoms with Gasteiger partial charge >= 0.3 is 0 Å². The van der Waals surface area contributed by atoms with Gasteiger partial charge in [-0.2, -0.15) is 5.10 Å². The van der Waals surface area contributed by atoms with Crippen LogP contribution in [0.15, 0.2) is 0 Å². The fraction of sp³-hybridized carbons (Fsp3) is 0.667. The van der Waals surface area contributed by atoms with Crippen LogP contribution < -0.4 is 0 Å². The first kappa shape index (κ1) is 12.0. The number of ether oxygens (including phenoxy) is 1. The molecule has 1 saturated heterocycles. The summed E-state index contributed by atoms with van der Waals surface area (Å²) >= 11 is 6.04. The van der Waals surface area contributed by atoms with Crippen LogP contribution >= 0.6 is 11.6 Å². The van der Waals surface area contributed by atoms with Crippen LogP contribution in [0.1, 0.15) is 30.9 Å². The van der Waals surface area contributed by atoms with Crippen molar-refractivity contribution < 1.29 is 4.74 Å². The second kappa shape index (κ2) is 4.24. The monoisotopic (exact) mass is 268 g/mol. The molecule has 5 nitrogen and oxygen atoms in total. The van der Waals surface area contributed by atoms with E-state index >= 15 is 0 Å². The maximum absolute atomic E-state index is 6.04. The third-order valence-electron chi connectivity index (χ3n) is 3.70. The Morgan fingerprint density at radius 1 is 1.50 bits per heavy atom. The molecule has 18 heavy (non-hydrogen) atoms. The molecule has 0 saturated carbocycles. The summed E-state index contributed by atoms with van der Waals surface area (Å²) in [5.41, 5.74) is 2.95. The van der Waals surface area contributed by atoms with Gasteiger partial charge in [-0.15, -0.1) is 11.6 Å². The summed E-state index contributed by atoms with van der Waals surface area (Å²) in [7, 11) is 1.95. The van der Waals surface area contributed by atoms with Crippen LogP contribution in [0, 0.1) is 6.92 Å². The fourth-order valence-corrected chi connectivity index (χ4v) is 3.03. The summed E-state index contributed by atoms with van der Waals surface area (Å²) < 4.78 is 9.76. The highest BCUT2D eigenvalue weighted by Gasteiger charge is 2.30. The second-order valence-corrected chi connectivity index (χ2v) is 5.11. The van der Waals surface area contributed by atoms with Gasteiger partial charge in [-0.25, -0.2) is 4.98 Å². The Bertz CT molecular complexity index is 588. The predicted molar refractivity (Wildman–Crippen MR) is 69.9 cm³/mol. The lowest BCUT2D eigenvalue weighted by Gasteiger charge is -2.19. The van der Waals surface area contributed by atoms with Crippen LogP contribution in [0.3, 0.4) is 0 Å².